The average molecular weight is 568 g/mol. The summed E-state index contributed by atoms with van der Waals surface area (Å²) in [5, 5.41) is 3.33. The van der Waals surface area contributed by atoms with E-state index in [1.165, 1.54) is 23.1 Å². The van der Waals surface area contributed by atoms with Gasteiger partial charge in [-0.25, -0.2) is 12.7 Å². The van der Waals surface area contributed by atoms with Crippen LogP contribution < -0.4 is 5.32 Å². The van der Waals surface area contributed by atoms with Crippen molar-refractivity contribution < 1.29 is 22.8 Å². The number of benzene rings is 3. The van der Waals surface area contributed by atoms with Crippen molar-refractivity contribution in [3.05, 3.63) is 101 Å². The molecule has 1 atom stereocenters. The molecule has 1 aliphatic rings. The summed E-state index contributed by atoms with van der Waals surface area (Å²) in [6.45, 7) is 4.67. The van der Waals surface area contributed by atoms with E-state index in [9.17, 15) is 22.8 Å². The second-order valence-corrected chi connectivity index (χ2v) is 12.6. The van der Waals surface area contributed by atoms with Crippen LogP contribution >= 0.6 is 11.6 Å². The van der Waals surface area contributed by atoms with Crippen LogP contribution in [-0.4, -0.2) is 53.5 Å². The first kappa shape index (κ1) is 28.3. The predicted molar refractivity (Wildman–Crippen MR) is 148 cm³/mol. The molecule has 204 valence electrons. The highest BCUT2D eigenvalue weighted by Gasteiger charge is 2.43. The molecule has 4 rings (SSSR count). The van der Waals surface area contributed by atoms with Crippen molar-refractivity contribution in [2.75, 3.05) is 6.54 Å². The number of sulfonamides is 1. The monoisotopic (exact) mass is 567 g/mol. The van der Waals surface area contributed by atoms with Crippen molar-refractivity contribution in [1.82, 2.24) is 14.5 Å². The fourth-order valence-corrected chi connectivity index (χ4v) is 6.13. The molecule has 0 aromatic heterocycles. The first-order chi connectivity index (χ1) is 18.4. The van der Waals surface area contributed by atoms with Crippen LogP contribution in [0, 0.1) is 0 Å². The summed E-state index contributed by atoms with van der Waals surface area (Å²) >= 11 is 6.42. The molecule has 1 aliphatic heterocycles. The summed E-state index contributed by atoms with van der Waals surface area (Å²) in [5.74, 6) is -1.90. The van der Waals surface area contributed by atoms with Crippen LogP contribution in [0.3, 0.4) is 0 Å². The Morgan fingerprint density at radius 2 is 1.56 bits per heavy atom. The molecular formula is C29H30ClN3O5S. The molecule has 0 bridgehead atoms. The van der Waals surface area contributed by atoms with Crippen molar-refractivity contribution in [3.63, 3.8) is 0 Å². The Hall–Kier alpha value is -3.69. The molecule has 0 spiro atoms. The zero-order chi connectivity index (χ0) is 28.4. The molecule has 8 nitrogen and oxygen atoms in total. The van der Waals surface area contributed by atoms with Crippen LogP contribution in [0.15, 0.2) is 83.8 Å². The minimum Gasteiger partial charge on any atom is -0.350 e. The van der Waals surface area contributed by atoms with Gasteiger partial charge in [0.25, 0.3) is 15.9 Å². The van der Waals surface area contributed by atoms with E-state index >= 15 is 0 Å². The maximum atomic E-state index is 13.9. The van der Waals surface area contributed by atoms with Gasteiger partial charge in [0, 0.05) is 23.5 Å². The lowest BCUT2D eigenvalue weighted by molar-refractivity contribution is -0.141. The van der Waals surface area contributed by atoms with Gasteiger partial charge in [-0.3, -0.25) is 14.4 Å². The largest absolute Gasteiger partial charge is 0.350 e. The highest BCUT2D eigenvalue weighted by atomic mass is 35.5. The van der Waals surface area contributed by atoms with Gasteiger partial charge in [0.05, 0.1) is 5.56 Å². The van der Waals surface area contributed by atoms with E-state index in [1.807, 2.05) is 51.1 Å². The smallest absolute Gasteiger partial charge is 0.269 e. The summed E-state index contributed by atoms with van der Waals surface area (Å²) in [7, 11) is -4.23. The lowest BCUT2D eigenvalue weighted by Gasteiger charge is -2.34. The predicted octanol–water partition coefficient (Wildman–Crippen LogP) is 4.04. The standard InChI is InChI=1S/C29H30ClN3O5S/c1-29(2,3)31-27(35)24(17-20-11-5-4-6-12-20)32(18-21-13-7-9-15-23(21)30)26(34)19-33-28(36)22-14-8-10-16-25(22)39(33,37)38/h4-16,24H,17-19H2,1-3H3,(H,31,35)/t24-/m0/s1. The number of carbonyl (C=O) groups is 3. The second-order valence-electron chi connectivity index (χ2n) is 10.4. The summed E-state index contributed by atoms with van der Waals surface area (Å²) < 4.78 is 26.9. The maximum absolute atomic E-state index is 13.9. The lowest BCUT2D eigenvalue weighted by Crippen LogP contribution is -2.56. The Labute approximate surface area is 233 Å². The molecule has 10 heteroatoms. The molecule has 0 aliphatic carbocycles. The molecule has 0 saturated carbocycles. The highest BCUT2D eigenvalue weighted by Crippen LogP contribution is 2.30. The zero-order valence-corrected chi connectivity index (χ0v) is 23.5. The van der Waals surface area contributed by atoms with Crippen LogP contribution in [0.5, 0.6) is 0 Å². The average Bonchev–Trinajstić information content (AvgIpc) is 3.07. The number of fused-ring (bicyclic) bond motifs is 1. The van der Waals surface area contributed by atoms with Crippen molar-refractivity contribution in [3.8, 4) is 0 Å². The summed E-state index contributed by atoms with van der Waals surface area (Å²) in [6, 6.07) is 20.9. The van der Waals surface area contributed by atoms with Gasteiger partial charge in [0.15, 0.2) is 0 Å². The molecule has 3 aromatic rings. The minimum atomic E-state index is -4.23. The molecule has 0 unspecified atom stereocenters. The van der Waals surface area contributed by atoms with Gasteiger partial charge in [-0.15, -0.1) is 0 Å². The zero-order valence-electron chi connectivity index (χ0n) is 21.9. The Bertz CT molecular complexity index is 1500. The number of nitrogens with one attached hydrogen (secondary N) is 1. The first-order valence-corrected chi connectivity index (χ1v) is 14.3. The van der Waals surface area contributed by atoms with Gasteiger partial charge < -0.3 is 10.2 Å². The van der Waals surface area contributed by atoms with Gasteiger partial charge >= 0.3 is 0 Å². The summed E-state index contributed by atoms with van der Waals surface area (Å²) in [6.07, 6.45) is 0.167. The number of nitrogens with zero attached hydrogens (tertiary/aromatic N) is 2. The molecule has 1 N–H and O–H groups in total. The highest BCUT2D eigenvalue weighted by molar-refractivity contribution is 7.90. The third-order valence-electron chi connectivity index (χ3n) is 6.26. The second kappa shape index (κ2) is 11.2. The minimum absolute atomic E-state index is 0.00858. The fraction of sp³-hybridized carbons (Fsp3) is 0.276. The third kappa shape index (κ3) is 6.32. The number of halogens is 1. The van der Waals surface area contributed by atoms with Crippen molar-refractivity contribution >= 4 is 39.3 Å². The van der Waals surface area contributed by atoms with Crippen molar-refractivity contribution in [2.24, 2.45) is 0 Å². The Morgan fingerprint density at radius 3 is 2.21 bits per heavy atom. The van der Waals surface area contributed by atoms with E-state index in [-0.39, 0.29) is 23.4 Å². The van der Waals surface area contributed by atoms with Crippen LogP contribution in [-0.2, 0) is 32.6 Å². The molecule has 3 aromatic carbocycles. The van der Waals surface area contributed by atoms with E-state index in [0.717, 1.165) is 5.56 Å². The van der Waals surface area contributed by atoms with Gasteiger partial charge in [0.1, 0.15) is 17.5 Å². The lowest BCUT2D eigenvalue weighted by atomic mass is 10.0. The van der Waals surface area contributed by atoms with Gasteiger partial charge in [0.2, 0.25) is 11.8 Å². The van der Waals surface area contributed by atoms with Crippen LogP contribution in [0.1, 0.15) is 42.3 Å². The van der Waals surface area contributed by atoms with E-state index in [4.69, 9.17) is 11.6 Å². The molecule has 1 heterocycles. The van der Waals surface area contributed by atoms with Crippen LogP contribution in [0.25, 0.3) is 0 Å². The van der Waals surface area contributed by atoms with Crippen molar-refractivity contribution in [2.45, 2.75) is 50.2 Å². The molecule has 3 amide bonds. The van der Waals surface area contributed by atoms with Crippen molar-refractivity contribution in [1.29, 1.82) is 0 Å². The van der Waals surface area contributed by atoms with Gasteiger partial charge in [-0.05, 0) is 50.1 Å². The number of carbonyl (C=O) groups excluding carboxylic acids is 3. The molecule has 0 saturated heterocycles. The van der Waals surface area contributed by atoms with Gasteiger partial charge in [-0.1, -0.05) is 72.3 Å². The number of amides is 3. The number of hydrogen-bond acceptors (Lipinski definition) is 5. The van der Waals surface area contributed by atoms with Gasteiger partial charge in [-0.2, -0.15) is 0 Å². The quantitative estimate of drug-likeness (QED) is 0.442. The van der Waals surface area contributed by atoms with Crippen LogP contribution in [0.4, 0.5) is 0 Å². The fourth-order valence-electron chi connectivity index (χ4n) is 4.42. The van der Waals surface area contributed by atoms with Crippen LogP contribution in [0.2, 0.25) is 5.02 Å². The summed E-state index contributed by atoms with van der Waals surface area (Å²) in [5.41, 5.74) is 0.796. The topological polar surface area (TPSA) is 104 Å². The molecular weight excluding hydrogens is 538 g/mol. The Balaban J connectivity index is 1.74. The normalized spacial score (nSPS) is 15.0. The third-order valence-corrected chi connectivity index (χ3v) is 8.41. The van der Waals surface area contributed by atoms with E-state index in [2.05, 4.69) is 5.32 Å². The SMILES string of the molecule is CC(C)(C)NC(=O)[C@H](Cc1ccccc1)N(Cc1ccccc1Cl)C(=O)CN1C(=O)c2ccccc2S1(=O)=O. The number of hydrogen-bond donors (Lipinski definition) is 1. The van der Waals surface area contributed by atoms with E-state index in [1.54, 1.807) is 30.3 Å². The Morgan fingerprint density at radius 1 is 0.949 bits per heavy atom. The number of rotatable bonds is 8. The maximum Gasteiger partial charge on any atom is 0.269 e. The Kier molecular flexibility index (Phi) is 8.13. The molecule has 39 heavy (non-hydrogen) atoms. The van der Waals surface area contributed by atoms with E-state index in [0.29, 0.717) is 14.9 Å². The van der Waals surface area contributed by atoms with E-state index < -0.39 is 45.9 Å². The molecule has 0 fully saturated rings. The summed E-state index contributed by atoms with van der Waals surface area (Å²) in [4.78, 5) is 41.8. The first-order valence-electron chi connectivity index (χ1n) is 12.4. The molecule has 0 radical (unpaired) electrons.